The molecule has 98 valence electrons. The molecular formula is C12H16N2O3S. The largest absolute Gasteiger partial charge is 0.481 e. The Labute approximate surface area is 109 Å². The number of thiazole rings is 1. The maximum absolute atomic E-state index is 12.0. The number of aryl methyl sites for hydroxylation is 1. The fraction of sp³-hybridized carbons (Fsp3) is 0.583. The summed E-state index contributed by atoms with van der Waals surface area (Å²) in [5, 5.41) is 14.2. The number of hydrogen-bond acceptors (Lipinski definition) is 4. The second-order valence-electron chi connectivity index (χ2n) is 4.67. The number of carbonyl (C=O) groups is 2. The molecule has 0 bridgehead atoms. The maximum atomic E-state index is 12.0. The summed E-state index contributed by atoms with van der Waals surface area (Å²) in [6, 6.07) is 0. The monoisotopic (exact) mass is 268 g/mol. The van der Waals surface area contributed by atoms with E-state index >= 15 is 0 Å². The third-order valence-electron chi connectivity index (χ3n) is 3.30. The van der Waals surface area contributed by atoms with Gasteiger partial charge in [-0.05, 0) is 32.6 Å². The second kappa shape index (κ2) is 5.48. The topological polar surface area (TPSA) is 79.3 Å². The molecule has 1 aromatic heterocycles. The summed E-state index contributed by atoms with van der Waals surface area (Å²) < 4.78 is 0. The van der Waals surface area contributed by atoms with Gasteiger partial charge >= 0.3 is 5.97 Å². The summed E-state index contributed by atoms with van der Waals surface area (Å²) >= 11 is 1.41. The molecule has 1 aliphatic carbocycles. The van der Waals surface area contributed by atoms with Gasteiger partial charge in [0.15, 0.2) is 5.13 Å². The molecule has 18 heavy (non-hydrogen) atoms. The Hall–Kier alpha value is -1.43. The number of nitrogens with one attached hydrogen (secondary N) is 1. The predicted octanol–water partition coefficient (Wildman–Crippen LogP) is 2.28. The molecule has 5 nitrogen and oxygen atoms in total. The number of rotatable bonds is 3. The van der Waals surface area contributed by atoms with Gasteiger partial charge in [-0.2, -0.15) is 0 Å². The molecule has 0 unspecified atom stereocenters. The van der Waals surface area contributed by atoms with Crippen LogP contribution in [-0.2, 0) is 9.59 Å². The Morgan fingerprint density at radius 1 is 1.33 bits per heavy atom. The summed E-state index contributed by atoms with van der Waals surface area (Å²) in [6.07, 6.45) is 2.47. The van der Waals surface area contributed by atoms with Crippen molar-refractivity contribution in [2.24, 2.45) is 11.8 Å². The van der Waals surface area contributed by atoms with E-state index in [4.69, 9.17) is 5.11 Å². The van der Waals surface area contributed by atoms with Gasteiger partial charge in [-0.1, -0.05) is 0 Å². The van der Waals surface area contributed by atoms with Crippen LogP contribution in [-0.4, -0.2) is 22.0 Å². The molecule has 2 N–H and O–H groups in total. The van der Waals surface area contributed by atoms with Gasteiger partial charge in [0.05, 0.1) is 11.6 Å². The number of anilines is 1. The number of carboxylic acids is 1. The molecule has 0 radical (unpaired) electrons. The SMILES string of the molecule is Cc1csc(NC(=O)C2CCC(C(=O)O)CC2)n1. The number of aliphatic carboxylic acids is 1. The fourth-order valence-corrected chi connectivity index (χ4v) is 2.91. The van der Waals surface area contributed by atoms with E-state index in [0.29, 0.717) is 30.8 Å². The third-order valence-corrected chi connectivity index (χ3v) is 4.17. The maximum Gasteiger partial charge on any atom is 0.306 e. The van der Waals surface area contributed by atoms with Gasteiger partial charge in [-0.3, -0.25) is 9.59 Å². The van der Waals surface area contributed by atoms with E-state index in [0.717, 1.165) is 5.69 Å². The highest BCUT2D eigenvalue weighted by atomic mass is 32.1. The number of carbonyl (C=O) groups excluding carboxylic acids is 1. The normalized spacial score (nSPS) is 23.6. The average Bonchev–Trinajstić information content (AvgIpc) is 2.75. The van der Waals surface area contributed by atoms with E-state index in [1.807, 2.05) is 12.3 Å². The molecule has 0 aromatic carbocycles. The van der Waals surface area contributed by atoms with Crippen LogP contribution in [0.4, 0.5) is 5.13 Å². The number of nitrogens with zero attached hydrogens (tertiary/aromatic N) is 1. The van der Waals surface area contributed by atoms with Gasteiger partial charge in [0.1, 0.15) is 0 Å². The predicted molar refractivity (Wildman–Crippen MR) is 68.6 cm³/mol. The lowest BCUT2D eigenvalue weighted by atomic mass is 9.81. The zero-order valence-electron chi connectivity index (χ0n) is 10.2. The zero-order chi connectivity index (χ0) is 13.1. The van der Waals surface area contributed by atoms with Crippen LogP contribution in [0.3, 0.4) is 0 Å². The van der Waals surface area contributed by atoms with Crippen molar-refractivity contribution in [3.63, 3.8) is 0 Å². The Balaban J connectivity index is 1.86. The average molecular weight is 268 g/mol. The van der Waals surface area contributed by atoms with Crippen molar-refractivity contribution in [3.8, 4) is 0 Å². The minimum absolute atomic E-state index is 0.0341. The molecule has 1 heterocycles. The highest BCUT2D eigenvalue weighted by Gasteiger charge is 2.29. The third kappa shape index (κ3) is 3.07. The lowest BCUT2D eigenvalue weighted by molar-refractivity contribution is -0.143. The lowest BCUT2D eigenvalue weighted by Gasteiger charge is -2.24. The molecule has 1 aromatic rings. The first-order valence-corrected chi connectivity index (χ1v) is 6.90. The molecule has 2 rings (SSSR count). The van der Waals surface area contributed by atoms with Gasteiger partial charge in [0.25, 0.3) is 0 Å². The molecule has 0 saturated heterocycles. The smallest absolute Gasteiger partial charge is 0.306 e. The van der Waals surface area contributed by atoms with Crippen molar-refractivity contribution < 1.29 is 14.7 Å². The Morgan fingerprint density at radius 2 is 1.94 bits per heavy atom. The van der Waals surface area contributed by atoms with Gasteiger partial charge in [-0.25, -0.2) is 4.98 Å². The van der Waals surface area contributed by atoms with Crippen LogP contribution in [0.1, 0.15) is 31.4 Å². The minimum atomic E-state index is -0.746. The first-order valence-electron chi connectivity index (χ1n) is 6.02. The second-order valence-corrected chi connectivity index (χ2v) is 5.53. The molecule has 1 amide bonds. The molecular weight excluding hydrogens is 252 g/mol. The van der Waals surface area contributed by atoms with Crippen molar-refractivity contribution in [3.05, 3.63) is 11.1 Å². The van der Waals surface area contributed by atoms with Crippen LogP contribution in [0.2, 0.25) is 0 Å². The standard InChI is InChI=1S/C12H16N2O3S/c1-7-6-18-12(13-7)14-10(15)8-2-4-9(5-3-8)11(16)17/h6,8-9H,2-5H2,1H3,(H,16,17)(H,13,14,15). The van der Waals surface area contributed by atoms with Crippen molar-refractivity contribution >= 4 is 28.3 Å². The molecule has 0 aliphatic heterocycles. The summed E-state index contributed by atoms with van der Waals surface area (Å²) in [5.41, 5.74) is 0.893. The highest BCUT2D eigenvalue weighted by Crippen LogP contribution is 2.30. The summed E-state index contributed by atoms with van der Waals surface area (Å²) in [7, 11) is 0. The first-order chi connectivity index (χ1) is 8.56. The van der Waals surface area contributed by atoms with Crippen LogP contribution in [0.5, 0.6) is 0 Å². The van der Waals surface area contributed by atoms with E-state index in [1.165, 1.54) is 11.3 Å². The van der Waals surface area contributed by atoms with Crippen molar-refractivity contribution in [1.82, 2.24) is 4.98 Å². The first kappa shape index (κ1) is 13.0. The lowest BCUT2D eigenvalue weighted by Crippen LogP contribution is -2.29. The van der Waals surface area contributed by atoms with Crippen LogP contribution >= 0.6 is 11.3 Å². The van der Waals surface area contributed by atoms with Crippen molar-refractivity contribution in [1.29, 1.82) is 0 Å². The zero-order valence-corrected chi connectivity index (χ0v) is 11.0. The van der Waals surface area contributed by atoms with E-state index < -0.39 is 5.97 Å². The van der Waals surface area contributed by atoms with Crippen molar-refractivity contribution in [2.75, 3.05) is 5.32 Å². The number of carboxylic acid groups (broad SMARTS) is 1. The van der Waals surface area contributed by atoms with Gasteiger partial charge in [0, 0.05) is 11.3 Å². The Kier molecular flexibility index (Phi) is 3.96. The molecule has 0 spiro atoms. The highest BCUT2D eigenvalue weighted by molar-refractivity contribution is 7.13. The van der Waals surface area contributed by atoms with Crippen LogP contribution in [0.15, 0.2) is 5.38 Å². The fourth-order valence-electron chi connectivity index (χ4n) is 2.22. The Morgan fingerprint density at radius 3 is 2.44 bits per heavy atom. The van der Waals surface area contributed by atoms with Crippen LogP contribution in [0.25, 0.3) is 0 Å². The summed E-state index contributed by atoms with van der Waals surface area (Å²) in [4.78, 5) is 27.0. The number of hydrogen-bond donors (Lipinski definition) is 2. The van der Waals surface area contributed by atoms with E-state index in [1.54, 1.807) is 0 Å². The number of amides is 1. The quantitative estimate of drug-likeness (QED) is 0.881. The number of aromatic nitrogens is 1. The van der Waals surface area contributed by atoms with E-state index in [9.17, 15) is 9.59 Å². The van der Waals surface area contributed by atoms with Gasteiger partial charge < -0.3 is 10.4 Å². The molecule has 0 atom stereocenters. The van der Waals surface area contributed by atoms with Crippen molar-refractivity contribution in [2.45, 2.75) is 32.6 Å². The van der Waals surface area contributed by atoms with Crippen LogP contribution in [0, 0.1) is 18.8 Å². The van der Waals surface area contributed by atoms with Crippen LogP contribution < -0.4 is 5.32 Å². The Bertz CT molecular complexity index is 450. The van der Waals surface area contributed by atoms with Gasteiger partial charge in [0.2, 0.25) is 5.91 Å². The molecule has 1 fully saturated rings. The van der Waals surface area contributed by atoms with E-state index in [-0.39, 0.29) is 17.7 Å². The van der Waals surface area contributed by atoms with Gasteiger partial charge in [-0.15, -0.1) is 11.3 Å². The molecule has 1 aliphatic rings. The molecule has 1 saturated carbocycles. The van der Waals surface area contributed by atoms with E-state index in [2.05, 4.69) is 10.3 Å². The minimum Gasteiger partial charge on any atom is -0.481 e. The molecule has 6 heteroatoms. The summed E-state index contributed by atoms with van der Waals surface area (Å²) in [5.74, 6) is -1.14. The summed E-state index contributed by atoms with van der Waals surface area (Å²) in [6.45, 7) is 1.88.